The zero-order chi connectivity index (χ0) is 18.3. The summed E-state index contributed by atoms with van der Waals surface area (Å²) in [6.45, 7) is 6.59. The number of nitrogens with one attached hydrogen (secondary N) is 1. The van der Waals surface area contributed by atoms with Crippen molar-refractivity contribution in [3.63, 3.8) is 0 Å². The van der Waals surface area contributed by atoms with E-state index in [1.165, 1.54) is 18.5 Å². The molecule has 0 saturated carbocycles. The molecule has 2 aromatic rings. The van der Waals surface area contributed by atoms with Crippen LogP contribution in [0.1, 0.15) is 20.8 Å². The Balaban J connectivity index is 2.31. The van der Waals surface area contributed by atoms with Crippen LogP contribution in [0.5, 0.6) is 17.5 Å². The maximum Gasteiger partial charge on any atom is 0.316 e. The average molecular weight is 367 g/mol. The second-order valence-electron chi connectivity index (χ2n) is 4.77. The van der Waals surface area contributed by atoms with Crippen molar-refractivity contribution in [3.05, 3.63) is 30.6 Å². The first-order chi connectivity index (χ1) is 12.0. The van der Waals surface area contributed by atoms with E-state index in [9.17, 15) is 8.42 Å². The lowest BCUT2D eigenvalue weighted by Gasteiger charge is -2.14. The quantitative estimate of drug-likeness (QED) is 0.727. The minimum atomic E-state index is -3.91. The summed E-state index contributed by atoms with van der Waals surface area (Å²) in [5.41, 5.74) is 0.215. The summed E-state index contributed by atoms with van der Waals surface area (Å²) in [6.07, 6.45) is 2.67. The SMILES string of the molecule is CCOc1ccc(OCC)c(S(=O)(=O)Nc2cnc(OCC)nc2)c1. The van der Waals surface area contributed by atoms with Gasteiger partial charge in [-0.2, -0.15) is 0 Å². The third-order valence-corrected chi connectivity index (χ3v) is 4.37. The molecule has 9 heteroatoms. The van der Waals surface area contributed by atoms with Gasteiger partial charge in [0, 0.05) is 6.07 Å². The largest absolute Gasteiger partial charge is 0.494 e. The van der Waals surface area contributed by atoms with Crippen LogP contribution in [-0.2, 0) is 10.0 Å². The van der Waals surface area contributed by atoms with Gasteiger partial charge in [-0.25, -0.2) is 18.4 Å². The first-order valence-electron chi connectivity index (χ1n) is 7.87. The number of hydrogen-bond donors (Lipinski definition) is 1. The van der Waals surface area contributed by atoms with E-state index in [1.54, 1.807) is 26.0 Å². The molecule has 0 fully saturated rings. The van der Waals surface area contributed by atoms with E-state index in [1.807, 2.05) is 6.92 Å². The lowest BCUT2D eigenvalue weighted by Crippen LogP contribution is -2.15. The number of hydrogen-bond acceptors (Lipinski definition) is 7. The molecule has 0 amide bonds. The van der Waals surface area contributed by atoms with Crippen molar-refractivity contribution in [1.82, 2.24) is 9.97 Å². The lowest BCUT2D eigenvalue weighted by molar-refractivity contribution is 0.312. The smallest absolute Gasteiger partial charge is 0.316 e. The number of anilines is 1. The minimum absolute atomic E-state index is 0.0193. The molecular formula is C16H21N3O5S. The molecule has 0 unspecified atom stereocenters. The molecule has 1 aromatic heterocycles. The van der Waals surface area contributed by atoms with Gasteiger partial charge in [-0.1, -0.05) is 0 Å². The van der Waals surface area contributed by atoms with Crippen molar-refractivity contribution in [2.24, 2.45) is 0 Å². The van der Waals surface area contributed by atoms with E-state index in [0.29, 0.717) is 25.6 Å². The van der Waals surface area contributed by atoms with Gasteiger partial charge in [0.1, 0.15) is 16.4 Å². The van der Waals surface area contributed by atoms with Crippen molar-refractivity contribution in [2.75, 3.05) is 24.5 Å². The minimum Gasteiger partial charge on any atom is -0.494 e. The molecule has 0 saturated heterocycles. The van der Waals surface area contributed by atoms with Crippen LogP contribution in [0.3, 0.4) is 0 Å². The van der Waals surface area contributed by atoms with Gasteiger partial charge in [-0.3, -0.25) is 4.72 Å². The van der Waals surface area contributed by atoms with E-state index in [2.05, 4.69) is 14.7 Å². The Bertz CT molecular complexity index is 794. The van der Waals surface area contributed by atoms with E-state index >= 15 is 0 Å². The van der Waals surface area contributed by atoms with Crippen LogP contribution in [0, 0.1) is 0 Å². The molecular weight excluding hydrogens is 346 g/mol. The molecule has 0 aliphatic rings. The van der Waals surface area contributed by atoms with Gasteiger partial charge < -0.3 is 14.2 Å². The zero-order valence-electron chi connectivity index (χ0n) is 14.4. The van der Waals surface area contributed by atoms with Crippen LogP contribution in [0.2, 0.25) is 0 Å². The molecule has 0 bridgehead atoms. The molecule has 2 rings (SSSR count). The van der Waals surface area contributed by atoms with Gasteiger partial charge in [0.05, 0.1) is 37.9 Å². The maximum absolute atomic E-state index is 12.7. The second-order valence-corrected chi connectivity index (χ2v) is 6.42. The van der Waals surface area contributed by atoms with Crippen LogP contribution < -0.4 is 18.9 Å². The standard InChI is InChI=1S/C16H21N3O5S/c1-4-22-13-7-8-14(23-5-2)15(9-13)25(20,21)19-12-10-17-16(18-11-12)24-6-3/h7-11,19H,4-6H2,1-3H3. The fraction of sp³-hybridized carbons (Fsp3) is 0.375. The Morgan fingerprint density at radius 3 is 2.20 bits per heavy atom. The Hall–Kier alpha value is -2.55. The highest BCUT2D eigenvalue weighted by Crippen LogP contribution is 2.30. The number of benzene rings is 1. The molecule has 1 aromatic carbocycles. The van der Waals surface area contributed by atoms with Gasteiger partial charge in [0.2, 0.25) is 0 Å². The van der Waals surface area contributed by atoms with Gasteiger partial charge in [0.15, 0.2) is 0 Å². The number of nitrogens with zero attached hydrogens (tertiary/aromatic N) is 2. The van der Waals surface area contributed by atoms with E-state index in [4.69, 9.17) is 14.2 Å². The first-order valence-corrected chi connectivity index (χ1v) is 9.35. The predicted molar refractivity (Wildman–Crippen MR) is 92.8 cm³/mol. The lowest BCUT2D eigenvalue weighted by atomic mass is 10.3. The first kappa shape index (κ1) is 18.8. The summed E-state index contributed by atoms with van der Waals surface area (Å²) in [4.78, 5) is 7.85. The topological polar surface area (TPSA) is 99.6 Å². The third kappa shape index (κ3) is 4.96. The highest BCUT2D eigenvalue weighted by atomic mass is 32.2. The summed E-state index contributed by atoms with van der Waals surface area (Å²) in [6, 6.07) is 4.83. The van der Waals surface area contributed by atoms with Crippen molar-refractivity contribution >= 4 is 15.7 Å². The molecule has 0 atom stereocenters. The van der Waals surface area contributed by atoms with E-state index in [-0.39, 0.29) is 22.3 Å². The Morgan fingerprint density at radius 2 is 1.60 bits per heavy atom. The summed E-state index contributed by atoms with van der Waals surface area (Å²) >= 11 is 0. The third-order valence-electron chi connectivity index (χ3n) is 2.97. The maximum atomic E-state index is 12.7. The molecule has 0 radical (unpaired) electrons. The molecule has 25 heavy (non-hydrogen) atoms. The van der Waals surface area contributed by atoms with Crippen LogP contribution in [0.15, 0.2) is 35.5 Å². The number of rotatable bonds is 9. The molecule has 1 N–H and O–H groups in total. The molecule has 0 spiro atoms. The van der Waals surface area contributed by atoms with Crippen molar-refractivity contribution < 1.29 is 22.6 Å². The van der Waals surface area contributed by atoms with E-state index in [0.717, 1.165) is 0 Å². The van der Waals surface area contributed by atoms with Gasteiger partial charge >= 0.3 is 6.01 Å². The van der Waals surface area contributed by atoms with Crippen LogP contribution in [0.4, 0.5) is 5.69 Å². The van der Waals surface area contributed by atoms with E-state index < -0.39 is 10.0 Å². The number of sulfonamides is 1. The summed E-state index contributed by atoms with van der Waals surface area (Å²) in [7, 11) is -3.91. The number of ether oxygens (including phenoxy) is 3. The summed E-state index contributed by atoms with van der Waals surface area (Å²) in [5, 5.41) is 0. The van der Waals surface area contributed by atoms with Gasteiger partial charge in [-0.05, 0) is 32.9 Å². The second kappa shape index (κ2) is 8.52. The average Bonchev–Trinajstić information content (AvgIpc) is 2.58. The normalized spacial score (nSPS) is 11.0. The Labute approximate surface area is 147 Å². The zero-order valence-corrected chi connectivity index (χ0v) is 15.2. The Kier molecular flexibility index (Phi) is 6.40. The summed E-state index contributed by atoms with van der Waals surface area (Å²) in [5.74, 6) is 0.680. The molecule has 1 heterocycles. The fourth-order valence-corrected chi connectivity index (χ4v) is 3.20. The highest BCUT2D eigenvalue weighted by molar-refractivity contribution is 7.92. The fourth-order valence-electron chi connectivity index (χ4n) is 2.01. The van der Waals surface area contributed by atoms with Crippen LogP contribution >= 0.6 is 0 Å². The number of aromatic nitrogens is 2. The van der Waals surface area contributed by atoms with Crippen molar-refractivity contribution in [2.45, 2.75) is 25.7 Å². The van der Waals surface area contributed by atoms with Gasteiger partial charge in [0.25, 0.3) is 10.0 Å². The molecule has 0 aliphatic carbocycles. The van der Waals surface area contributed by atoms with Crippen molar-refractivity contribution in [1.29, 1.82) is 0 Å². The van der Waals surface area contributed by atoms with Crippen molar-refractivity contribution in [3.8, 4) is 17.5 Å². The summed E-state index contributed by atoms with van der Waals surface area (Å²) < 4.78 is 43.8. The molecule has 136 valence electrons. The molecule has 0 aliphatic heterocycles. The Morgan fingerprint density at radius 1 is 0.960 bits per heavy atom. The van der Waals surface area contributed by atoms with Crippen LogP contribution in [0.25, 0.3) is 0 Å². The monoisotopic (exact) mass is 367 g/mol. The predicted octanol–water partition coefficient (Wildman–Crippen LogP) is 2.47. The van der Waals surface area contributed by atoms with Gasteiger partial charge in [-0.15, -0.1) is 0 Å². The highest BCUT2D eigenvalue weighted by Gasteiger charge is 2.21. The molecule has 8 nitrogen and oxygen atoms in total. The van der Waals surface area contributed by atoms with Crippen LogP contribution in [-0.4, -0.2) is 38.2 Å².